The lowest BCUT2D eigenvalue weighted by molar-refractivity contribution is -0.182. The predicted molar refractivity (Wildman–Crippen MR) is 135 cm³/mol. The Morgan fingerprint density at radius 3 is 2.36 bits per heavy atom. The predicted octanol–water partition coefficient (Wildman–Crippen LogP) is 4.07. The third-order valence-electron chi connectivity index (χ3n) is 6.58. The third-order valence-corrected chi connectivity index (χ3v) is 9.21. The van der Waals surface area contributed by atoms with Crippen LogP contribution in [-0.4, -0.2) is 66.7 Å². The molecule has 1 amide bonds. The first kappa shape index (κ1) is 26.9. The Morgan fingerprint density at radius 1 is 1.11 bits per heavy atom. The van der Waals surface area contributed by atoms with Crippen LogP contribution >= 0.6 is 23.2 Å². The largest absolute Gasteiger partial charge is 0.481 e. The third kappa shape index (κ3) is 5.70. The number of amides is 1. The molecule has 4 rings (SSSR count). The van der Waals surface area contributed by atoms with Gasteiger partial charge in [-0.15, -0.1) is 0 Å². The van der Waals surface area contributed by atoms with Gasteiger partial charge in [-0.2, -0.15) is 0 Å². The summed E-state index contributed by atoms with van der Waals surface area (Å²) in [6, 6.07) is 12.3. The molecule has 8 nitrogen and oxygen atoms in total. The number of benzene rings is 2. The van der Waals surface area contributed by atoms with Gasteiger partial charge in [0.15, 0.2) is 9.84 Å². The SMILES string of the molecule is CC[C@@H](CS(=O)(=O)C1COC1)N1C(=O)C(CC(=O)O)O[C@H](c2cccc(Cl)c2)C1c1ccc(Cl)cc1. The van der Waals surface area contributed by atoms with Gasteiger partial charge in [0.25, 0.3) is 5.91 Å². The maximum atomic E-state index is 13.8. The Labute approximate surface area is 220 Å². The smallest absolute Gasteiger partial charge is 0.306 e. The summed E-state index contributed by atoms with van der Waals surface area (Å²) >= 11 is 12.4. The van der Waals surface area contributed by atoms with Gasteiger partial charge in [0, 0.05) is 16.1 Å². The lowest BCUT2D eigenvalue weighted by Gasteiger charge is -2.48. The summed E-state index contributed by atoms with van der Waals surface area (Å²) in [7, 11) is -3.57. The molecule has 2 heterocycles. The molecular formula is C25H27Cl2NO7S. The second kappa shape index (κ2) is 11.1. The topological polar surface area (TPSA) is 110 Å². The molecule has 2 aliphatic heterocycles. The van der Waals surface area contributed by atoms with Crippen molar-refractivity contribution in [3.05, 3.63) is 69.7 Å². The summed E-state index contributed by atoms with van der Waals surface area (Å²) in [5.41, 5.74) is 1.31. The summed E-state index contributed by atoms with van der Waals surface area (Å²) in [5, 5.41) is 9.81. The summed E-state index contributed by atoms with van der Waals surface area (Å²) in [6.45, 7) is 2.06. The van der Waals surface area contributed by atoms with Crippen LogP contribution in [0.3, 0.4) is 0 Å². The number of morpholine rings is 1. The summed E-state index contributed by atoms with van der Waals surface area (Å²) in [4.78, 5) is 26.9. The number of ether oxygens (including phenoxy) is 2. The van der Waals surface area contributed by atoms with Crippen molar-refractivity contribution in [2.45, 2.75) is 49.3 Å². The molecule has 0 aromatic heterocycles. The number of carboxylic acids is 1. The summed E-state index contributed by atoms with van der Waals surface area (Å²) in [6.07, 6.45) is -2.31. The minimum absolute atomic E-state index is 0.128. The van der Waals surface area contributed by atoms with E-state index in [1.165, 1.54) is 4.90 Å². The number of carbonyl (C=O) groups is 2. The van der Waals surface area contributed by atoms with Crippen molar-refractivity contribution in [3.8, 4) is 0 Å². The zero-order chi connectivity index (χ0) is 26.0. The van der Waals surface area contributed by atoms with E-state index in [0.29, 0.717) is 27.6 Å². The van der Waals surface area contributed by atoms with Gasteiger partial charge in [0.1, 0.15) is 17.5 Å². The molecule has 0 spiro atoms. The number of hydrogen-bond acceptors (Lipinski definition) is 6. The Balaban J connectivity index is 1.83. The van der Waals surface area contributed by atoms with Crippen LogP contribution in [-0.2, 0) is 28.9 Å². The van der Waals surface area contributed by atoms with E-state index < -0.39 is 57.7 Å². The van der Waals surface area contributed by atoms with Gasteiger partial charge < -0.3 is 19.5 Å². The molecule has 2 unspecified atom stereocenters. The maximum Gasteiger partial charge on any atom is 0.306 e. The molecule has 11 heteroatoms. The van der Waals surface area contributed by atoms with E-state index in [1.807, 2.05) is 0 Å². The first-order valence-electron chi connectivity index (χ1n) is 11.6. The van der Waals surface area contributed by atoms with Crippen LogP contribution in [0, 0.1) is 0 Å². The normalized spacial score (nSPS) is 23.8. The molecule has 4 atom stereocenters. The average molecular weight is 556 g/mol. The molecule has 36 heavy (non-hydrogen) atoms. The Bertz CT molecular complexity index is 1220. The lowest BCUT2D eigenvalue weighted by Crippen LogP contribution is -2.57. The molecule has 2 aliphatic rings. The van der Waals surface area contributed by atoms with Gasteiger partial charge in [-0.3, -0.25) is 9.59 Å². The molecule has 2 fully saturated rings. The van der Waals surface area contributed by atoms with Crippen LogP contribution in [0.15, 0.2) is 48.5 Å². The highest BCUT2D eigenvalue weighted by atomic mass is 35.5. The fourth-order valence-corrected chi connectivity index (χ4v) is 6.76. The van der Waals surface area contributed by atoms with Crippen molar-refractivity contribution >= 4 is 44.9 Å². The van der Waals surface area contributed by atoms with Crippen LogP contribution in [0.2, 0.25) is 10.0 Å². The standard InChI is InChI=1S/C25H27Cl2NO7S/c1-2-19(14-36(32,33)20-12-34-13-20)28-23(15-6-8-17(26)9-7-15)24(16-4-3-5-18(27)10-16)35-21(25(28)31)11-22(29)30/h3-10,19-21,23-24H,2,11-14H2,1H3,(H,29,30)/t19-,21?,23?,24+/m0/s1. The van der Waals surface area contributed by atoms with Crippen molar-refractivity contribution < 1.29 is 32.6 Å². The van der Waals surface area contributed by atoms with Crippen LogP contribution in [0.1, 0.15) is 43.0 Å². The number of nitrogens with zero attached hydrogens (tertiary/aromatic N) is 1. The van der Waals surface area contributed by atoms with E-state index in [1.54, 1.807) is 55.5 Å². The number of rotatable bonds is 9. The van der Waals surface area contributed by atoms with Crippen LogP contribution in [0.25, 0.3) is 0 Å². The van der Waals surface area contributed by atoms with Crippen LogP contribution < -0.4 is 0 Å². The molecule has 2 aromatic rings. The highest BCUT2D eigenvalue weighted by Crippen LogP contribution is 2.45. The highest BCUT2D eigenvalue weighted by Gasteiger charge is 2.48. The Kier molecular flexibility index (Phi) is 8.26. The van der Waals surface area contributed by atoms with Crippen LogP contribution in [0.4, 0.5) is 0 Å². The lowest BCUT2D eigenvalue weighted by atomic mass is 9.89. The van der Waals surface area contributed by atoms with Crippen molar-refractivity contribution in [2.75, 3.05) is 19.0 Å². The molecule has 0 radical (unpaired) electrons. The minimum atomic E-state index is -3.57. The zero-order valence-corrected chi connectivity index (χ0v) is 21.9. The average Bonchev–Trinajstić information content (AvgIpc) is 2.77. The number of halogens is 2. The van der Waals surface area contributed by atoms with E-state index in [2.05, 4.69) is 0 Å². The first-order chi connectivity index (χ1) is 17.1. The van der Waals surface area contributed by atoms with Gasteiger partial charge in [-0.25, -0.2) is 8.42 Å². The van der Waals surface area contributed by atoms with Gasteiger partial charge in [0.05, 0.1) is 31.4 Å². The second-order valence-corrected chi connectivity index (χ2v) is 12.2. The van der Waals surface area contributed by atoms with Crippen molar-refractivity contribution in [3.63, 3.8) is 0 Å². The number of hydrogen-bond donors (Lipinski definition) is 1. The van der Waals surface area contributed by atoms with Gasteiger partial charge in [0.2, 0.25) is 0 Å². The molecule has 0 bridgehead atoms. The number of aliphatic carboxylic acids is 1. The van der Waals surface area contributed by atoms with E-state index in [4.69, 9.17) is 32.7 Å². The molecule has 1 N–H and O–H groups in total. The Hall–Kier alpha value is -2.17. The van der Waals surface area contributed by atoms with E-state index in [9.17, 15) is 23.1 Å². The van der Waals surface area contributed by atoms with E-state index >= 15 is 0 Å². The van der Waals surface area contributed by atoms with Gasteiger partial charge >= 0.3 is 5.97 Å². The maximum absolute atomic E-state index is 13.8. The molecule has 194 valence electrons. The second-order valence-electron chi connectivity index (χ2n) is 8.99. The summed E-state index contributed by atoms with van der Waals surface area (Å²) < 4.78 is 37.4. The quantitative estimate of drug-likeness (QED) is 0.496. The van der Waals surface area contributed by atoms with Gasteiger partial charge in [-0.05, 0) is 41.8 Å². The number of carbonyl (C=O) groups excluding carboxylic acids is 1. The van der Waals surface area contributed by atoms with Crippen molar-refractivity contribution in [2.24, 2.45) is 0 Å². The molecular weight excluding hydrogens is 529 g/mol. The van der Waals surface area contributed by atoms with Crippen molar-refractivity contribution in [1.29, 1.82) is 0 Å². The molecule has 2 aromatic carbocycles. The minimum Gasteiger partial charge on any atom is -0.481 e. The highest BCUT2D eigenvalue weighted by molar-refractivity contribution is 7.92. The monoisotopic (exact) mass is 555 g/mol. The first-order valence-corrected chi connectivity index (χ1v) is 14.1. The summed E-state index contributed by atoms with van der Waals surface area (Å²) in [5.74, 6) is -2.03. The number of sulfone groups is 1. The molecule has 0 saturated carbocycles. The fraction of sp³-hybridized carbons (Fsp3) is 0.440. The number of carboxylic acid groups (broad SMARTS) is 1. The van der Waals surface area contributed by atoms with Crippen LogP contribution in [0.5, 0.6) is 0 Å². The molecule has 0 aliphatic carbocycles. The van der Waals surface area contributed by atoms with Gasteiger partial charge in [-0.1, -0.05) is 54.4 Å². The van der Waals surface area contributed by atoms with E-state index in [-0.39, 0.29) is 19.0 Å². The van der Waals surface area contributed by atoms with E-state index in [0.717, 1.165) is 0 Å². The zero-order valence-electron chi connectivity index (χ0n) is 19.5. The van der Waals surface area contributed by atoms with Crippen molar-refractivity contribution in [1.82, 2.24) is 4.90 Å². The fourth-order valence-electron chi connectivity index (χ4n) is 4.62. The molecule has 2 saturated heterocycles. The Morgan fingerprint density at radius 2 is 1.81 bits per heavy atom.